The Bertz CT molecular complexity index is 2840. The number of fused-ring (bicyclic) bond motifs is 4. The van der Waals surface area contributed by atoms with E-state index in [2.05, 4.69) is 217 Å². The van der Waals surface area contributed by atoms with Crippen LogP contribution in [-0.2, 0) is 37.3 Å². The van der Waals surface area contributed by atoms with Gasteiger partial charge in [0.1, 0.15) is 5.82 Å². The first-order valence-electron chi connectivity index (χ1n) is 20.5. The zero-order valence-corrected chi connectivity index (χ0v) is 38.1. The third-order valence-electron chi connectivity index (χ3n) is 11.4. The average Bonchev–Trinajstić information content (AvgIpc) is 3.76. The number of para-hydroxylation sites is 3. The van der Waals surface area contributed by atoms with Crippen LogP contribution in [0.15, 0.2) is 140 Å². The maximum atomic E-state index is 6.61. The molecule has 0 bridgehead atoms. The van der Waals surface area contributed by atoms with Crippen molar-refractivity contribution in [2.75, 3.05) is 9.80 Å². The molecule has 0 spiro atoms. The van der Waals surface area contributed by atoms with E-state index in [-0.39, 0.29) is 37.3 Å². The van der Waals surface area contributed by atoms with E-state index in [0.717, 1.165) is 50.4 Å². The van der Waals surface area contributed by atoms with Crippen LogP contribution in [0, 0.1) is 18.8 Å². The van der Waals surface area contributed by atoms with Crippen LogP contribution in [-0.4, -0.2) is 9.55 Å². The first-order chi connectivity index (χ1) is 28.1. The molecule has 6 aromatic carbocycles. The number of aromatic nitrogens is 2. The molecule has 0 amide bonds. The van der Waals surface area contributed by atoms with Crippen molar-refractivity contribution >= 4 is 44.6 Å². The van der Waals surface area contributed by atoms with Gasteiger partial charge in [-0.3, -0.25) is 0 Å². The van der Waals surface area contributed by atoms with Crippen LogP contribution in [0.1, 0.15) is 79.0 Å². The monoisotopic (exact) mass is 966 g/mol. The van der Waals surface area contributed by atoms with Gasteiger partial charge in [-0.15, -0.1) is 48.1 Å². The van der Waals surface area contributed by atoms with E-state index in [1.54, 1.807) is 0 Å². The van der Waals surface area contributed by atoms with Gasteiger partial charge in [-0.05, 0) is 85.8 Å². The second kappa shape index (κ2) is 15.4. The Morgan fingerprint density at radius 2 is 1.18 bits per heavy atom. The summed E-state index contributed by atoms with van der Waals surface area (Å²) >= 11 is 0. The smallest absolute Gasteiger partial charge is 0.136 e. The molecule has 1 aliphatic heterocycles. The summed E-state index contributed by atoms with van der Waals surface area (Å²) < 4.78 is 8.83. The van der Waals surface area contributed by atoms with Crippen LogP contribution in [0.25, 0.3) is 38.8 Å². The number of nitrogens with zero attached hydrogens (tertiary/aromatic N) is 4. The molecule has 9 rings (SSSR count). The summed E-state index contributed by atoms with van der Waals surface area (Å²) in [4.78, 5) is 9.55. The van der Waals surface area contributed by atoms with Gasteiger partial charge in [0.2, 0.25) is 0 Å². The number of anilines is 4. The molecule has 0 aliphatic carbocycles. The Morgan fingerprint density at radius 1 is 0.567 bits per heavy atom. The van der Waals surface area contributed by atoms with E-state index in [1.807, 2.05) is 18.2 Å². The van der Waals surface area contributed by atoms with Crippen LogP contribution in [0.2, 0.25) is 0 Å². The Hall–Kier alpha value is -5.64. The normalized spacial score (nSPS) is 13.2. The van der Waals surface area contributed by atoms with Crippen molar-refractivity contribution < 1.29 is 25.8 Å². The summed E-state index contributed by atoms with van der Waals surface area (Å²) in [6.07, 6.45) is 2.05. The Morgan fingerprint density at radius 3 is 1.85 bits per heavy atom. The fraction of sp³-hybridized carbons (Fsp3) is 0.222. The molecule has 0 saturated heterocycles. The fourth-order valence-electron chi connectivity index (χ4n) is 8.11. The molecule has 0 atom stereocenters. The number of hydrogen-bond donors (Lipinski definition) is 0. The molecule has 60 heavy (non-hydrogen) atoms. The van der Waals surface area contributed by atoms with Crippen molar-refractivity contribution in [2.45, 2.75) is 78.6 Å². The van der Waals surface area contributed by atoms with Gasteiger partial charge >= 0.3 is 0 Å². The summed E-state index contributed by atoms with van der Waals surface area (Å²) in [6, 6.07) is 54.5. The van der Waals surface area contributed by atoms with E-state index >= 15 is 0 Å². The Kier molecular flexibility index (Phi) is 10.6. The predicted molar refractivity (Wildman–Crippen MR) is 246 cm³/mol. The maximum Gasteiger partial charge on any atom is 0.136 e. The predicted octanol–water partition coefficient (Wildman–Crippen LogP) is 14.5. The third kappa shape index (κ3) is 7.65. The summed E-state index contributed by atoms with van der Waals surface area (Å²) in [5.74, 6) is 2.04. The van der Waals surface area contributed by atoms with Gasteiger partial charge < -0.3 is 19.1 Å². The van der Waals surface area contributed by atoms with Gasteiger partial charge in [-0.2, -0.15) is 12.1 Å². The molecule has 1 aliphatic rings. The standard InChI is InChI=1S/C54H51N4O.Pt/c1-52(2,3)37-23-21-36(22-24-37)45-33-51(55-34-46(45)54(7,8)9)58-47-18-11-10-17-43(47)44-30-29-42(32-50(44)58)59-41-16-14-15-40(31-41)57-35-56(48-19-12-13-20-49(48)57)39-27-25-38(26-28-39)53(4,5)6;/h10-30,33-35H,1-9H3;/q-3;. The third-order valence-corrected chi connectivity index (χ3v) is 11.4. The van der Waals surface area contributed by atoms with E-state index in [4.69, 9.17) is 9.72 Å². The summed E-state index contributed by atoms with van der Waals surface area (Å²) in [5, 5.41) is 2.22. The first kappa shape index (κ1) is 41.1. The van der Waals surface area contributed by atoms with Crippen LogP contribution in [0.3, 0.4) is 0 Å². The van der Waals surface area contributed by atoms with Gasteiger partial charge in [-0.25, -0.2) is 4.98 Å². The average molecular weight is 967 g/mol. The minimum atomic E-state index is -0.104. The molecule has 0 radical (unpaired) electrons. The van der Waals surface area contributed by atoms with Gasteiger partial charge in [0, 0.05) is 61.3 Å². The molecule has 2 aromatic heterocycles. The van der Waals surface area contributed by atoms with Crippen molar-refractivity contribution in [2.24, 2.45) is 0 Å². The minimum Gasteiger partial charge on any atom is -0.509 e. The maximum absolute atomic E-state index is 6.61. The molecule has 5 nitrogen and oxygen atoms in total. The van der Waals surface area contributed by atoms with E-state index in [1.165, 1.54) is 27.8 Å². The fourth-order valence-corrected chi connectivity index (χ4v) is 8.11. The number of rotatable bonds is 6. The quantitative estimate of drug-likeness (QED) is 0.156. The number of pyridine rings is 1. The summed E-state index contributed by atoms with van der Waals surface area (Å²) in [7, 11) is 0. The van der Waals surface area contributed by atoms with Crippen molar-refractivity contribution in [3.05, 3.63) is 175 Å². The van der Waals surface area contributed by atoms with Crippen LogP contribution < -0.4 is 14.5 Å². The molecular weight excluding hydrogens is 916 g/mol. The zero-order chi connectivity index (χ0) is 41.3. The largest absolute Gasteiger partial charge is 0.509 e. The Balaban J connectivity index is 0.00000499. The number of hydrogen-bond acceptors (Lipinski definition) is 4. The van der Waals surface area contributed by atoms with Crippen molar-refractivity contribution in [1.82, 2.24) is 9.55 Å². The molecule has 0 unspecified atom stereocenters. The molecule has 0 fully saturated rings. The van der Waals surface area contributed by atoms with Crippen LogP contribution >= 0.6 is 0 Å². The van der Waals surface area contributed by atoms with Crippen LogP contribution in [0.5, 0.6) is 11.5 Å². The van der Waals surface area contributed by atoms with Crippen LogP contribution in [0.4, 0.5) is 22.7 Å². The van der Waals surface area contributed by atoms with Gasteiger partial charge in [0.25, 0.3) is 0 Å². The number of benzene rings is 6. The first-order valence-corrected chi connectivity index (χ1v) is 20.5. The SMILES string of the molecule is CC(C)(C)c1ccc(-c2cc(-n3c4[c-]c(Oc5[c-]c(N6[CH-]N(c7ccc(C(C)(C)C)cc7)c7ccccc76)ccc5)ccc4c4ccccc43)ncc2C(C)(C)C)cc1.[Pt]. The number of ether oxygens (including phenoxy) is 1. The van der Waals surface area contributed by atoms with Crippen molar-refractivity contribution in [3.63, 3.8) is 0 Å². The second-order valence-corrected chi connectivity index (χ2v) is 18.7. The molecule has 0 N–H and O–H groups in total. The summed E-state index contributed by atoms with van der Waals surface area (Å²) in [6.45, 7) is 22.4. The van der Waals surface area contributed by atoms with E-state index in [9.17, 15) is 0 Å². The molecule has 3 heterocycles. The van der Waals surface area contributed by atoms with Gasteiger partial charge in [-0.1, -0.05) is 135 Å². The van der Waals surface area contributed by atoms with Gasteiger partial charge in [0.05, 0.1) is 0 Å². The van der Waals surface area contributed by atoms with Crippen molar-refractivity contribution in [3.8, 4) is 28.4 Å². The van der Waals surface area contributed by atoms with Crippen molar-refractivity contribution in [1.29, 1.82) is 0 Å². The molecule has 6 heteroatoms. The molecule has 8 aromatic rings. The Labute approximate surface area is 369 Å². The van der Waals surface area contributed by atoms with Gasteiger partial charge in [0.15, 0.2) is 0 Å². The molecular formula is C54H51N4OPt-3. The topological polar surface area (TPSA) is 33.5 Å². The second-order valence-electron chi connectivity index (χ2n) is 18.7. The minimum absolute atomic E-state index is 0. The molecule has 306 valence electrons. The summed E-state index contributed by atoms with van der Waals surface area (Å²) in [5.41, 5.74) is 12.4. The molecule has 0 saturated carbocycles. The zero-order valence-electron chi connectivity index (χ0n) is 35.9. The van der Waals surface area contributed by atoms with E-state index in [0.29, 0.717) is 11.5 Å². The van der Waals surface area contributed by atoms with E-state index < -0.39 is 0 Å².